The van der Waals surface area contributed by atoms with Crippen LogP contribution in [0, 0.1) is 6.92 Å². The van der Waals surface area contributed by atoms with Gasteiger partial charge in [-0.1, -0.05) is 56.8 Å². The molecular formula is C30H34N4O4. The zero-order chi connectivity index (χ0) is 27.2. The number of aliphatic hydroxyl groups is 1. The first-order chi connectivity index (χ1) is 18.4. The molecule has 1 atom stereocenters. The molecule has 1 fully saturated rings. The van der Waals surface area contributed by atoms with Crippen molar-refractivity contribution in [3.8, 4) is 11.4 Å². The first kappa shape index (κ1) is 26.9. The highest BCUT2D eigenvalue weighted by Gasteiger charge is 2.46. The summed E-state index contributed by atoms with van der Waals surface area (Å²) in [6, 6.07) is 16.0. The molecule has 0 aliphatic carbocycles. The Labute approximate surface area is 223 Å². The van der Waals surface area contributed by atoms with Crippen LogP contribution in [0.4, 0.5) is 0 Å². The number of hydrogen-bond donors (Lipinski definition) is 1. The largest absolute Gasteiger partial charge is 0.507 e. The number of para-hydroxylation sites is 1. The zero-order valence-corrected chi connectivity index (χ0v) is 22.1. The highest BCUT2D eigenvalue weighted by molar-refractivity contribution is 6.46. The van der Waals surface area contributed by atoms with Crippen molar-refractivity contribution in [2.75, 3.05) is 32.8 Å². The van der Waals surface area contributed by atoms with E-state index in [2.05, 4.69) is 30.4 Å². The Balaban J connectivity index is 1.82. The molecule has 4 rings (SSSR count). The number of ether oxygens (including phenoxy) is 1. The van der Waals surface area contributed by atoms with E-state index >= 15 is 0 Å². The van der Waals surface area contributed by atoms with Gasteiger partial charge in [-0.3, -0.25) is 9.59 Å². The van der Waals surface area contributed by atoms with Crippen LogP contribution >= 0.6 is 0 Å². The number of ketones is 1. The van der Waals surface area contributed by atoms with Crippen molar-refractivity contribution in [1.82, 2.24) is 19.6 Å². The summed E-state index contributed by atoms with van der Waals surface area (Å²) >= 11 is 0. The van der Waals surface area contributed by atoms with E-state index in [9.17, 15) is 14.7 Å². The van der Waals surface area contributed by atoms with Crippen molar-refractivity contribution in [3.63, 3.8) is 0 Å². The lowest BCUT2D eigenvalue weighted by molar-refractivity contribution is -0.140. The molecule has 1 aliphatic heterocycles. The topological polar surface area (TPSA) is 87.9 Å². The molecule has 1 aromatic heterocycles. The molecule has 1 N–H and O–H groups in total. The second-order valence-electron chi connectivity index (χ2n) is 9.08. The molecule has 2 heterocycles. The average Bonchev–Trinajstić information content (AvgIpc) is 3.45. The van der Waals surface area contributed by atoms with E-state index in [4.69, 9.17) is 4.74 Å². The lowest BCUT2D eigenvalue weighted by Crippen LogP contribution is -2.38. The third-order valence-electron chi connectivity index (χ3n) is 6.90. The lowest BCUT2D eigenvalue weighted by Gasteiger charge is -2.28. The average molecular weight is 515 g/mol. The van der Waals surface area contributed by atoms with Crippen molar-refractivity contribution < 1.29 is 19.4 Å². The van der Waals surface area contributed by atoms with E-state index in [0.29, 0.717) is 42.3 Å². The fourth-order valence-electron chi connectivity index (χ4n) is 4.79. The fraction of sp³-hybridized carbons (Fsp3) is 0.300. The van der Waals surface area contributed by atoms with Gasteiger partial charge in [0.2, 0.25) is 0 Å². The van der Waals surface area contributed by atoms with Crippen LogP contribution in [0.3, 0.4) is 0 Å². The van der Waals surface area contributed by atoms with E-state index in [1.807, 2.05) is 55.5 Å². The molecule has 1 saturated heterocycles. The Morgan fingerprint density at radius 2 is 1.87 bits per heavy atom. The van der Waals surface area contributed by atoms with E-state index in [-0.39, 0.29) is 11.3 Å². The number of rotatable bonds is 11. The normalized spacial score (nSPS) is 16.8. The van der Waals surface area contributed by atoms with Gasteiger partial charge in [0.15, 0.2) is 0 Å². The Hall–Kier alpha value is -4.17. The van der Waals surface area contributed by atoms with E-state index in [1.54, 1.807) is 21.7 Å². The molecule has 0 saturated carbocycles. The number of aliphatic hydroxyl groups excluding tert-OH is 1. The molecule has 8 heteroatoms. The smallest absolute Gasteiger partial charge is 0.295 e. The van der Waals surface area contributed by atoms with Gasteiger partial charge in [-0.2, -0.15) is 5.10 Å². The quantitative estimate of drug-likeness (QED) is 0.175. The number of amides is 1. The minimum absolute atomic E-state index is 0.0473. The predicted molar refractivity (Wildman–Crippen MR) is 147 cm³/mol. The van der Waals surface area contributed by atoms with Gasteiger partial charge in [0.05, 0.1) is 34.8 Å². The number of likely N-dealkylation sites (tertiary alicyclic amines) is 1. The molecule has 0 spiro atoms. The van der Waals surface area contributed by atoms with Crippen LogP contribution in [0.15, 0.2) is 79.0 Å². The summed E-state index contributed by atoms with van der Waals surface area (Å²) in [5.41, 5.74) is 2.61. The zero-order valence-electron chi connectivity index (χ0n) is 22.1. The molecule has 38 heavy (non-hydrogen) atoms. The Bertz CT molecular complexity index is 1340. The van der Waals surface area contributed by atoms with E-state index < -0.39 is 17.7 Å². The van der Waals surface area contributed by atoms with Gasteiger partial charge in [0, 0.05) is 13.1 Å². The molecule has 0 radical (unpaired) electrons. The summed E-state index contributed by atoms with van der Waals surface area (Å²) in [4.78, 5) is 30.5. The van der Waals surface area contributed by atoms with Gasteiger partial charge < -0.3 is 19.6 Å². The molecule has 1 unspecified atom stereocenters. The number of benzene rings is 2. The van der Waals surface area contributed by atoms with Crippen LogP contribution in [-0.2, 0) is 9.59 Å². The second-order valence-corrected chi connectivity index (χ2v) is 9.08. The van der Waals surface area contributed by atoms with Crippen molar-refractivity contribution in [2.45, 2.75) is 26.8 Å². The molecule has 2 aromatic carbocycles. The Kier molecular flexibility index (Phi) is 8.43. The number of nitrogens with zero attached hydrogens (tertiary/aromatic N) is 4. The maximum absolute atomic E-state index is 13.4. The molecular weight excluding hydrogens is 480 g/mol. The van der Waals surface area contributed by atoms with Crippen molar-refractivity contribution >= 4 is 17.4 Å². The minimum Gasteiger partial charge on any atom is -0.507 e. The molecule has 0 bridgehead atoms. The van der Waals surface area contributed by atoms with Gasteiger partial charge in [0.25, 0.3) is 11.7 Å². The van der Waals surface area contributed by atoms with E-state index in [0.717, 1.165) is 18.8 Å². The SMILES string of the molecule is C=CCOc1cccc(C2C(=C(O)c3cnn(-c4ccccc4)c3C)C(=O)C(=O)N2CCN(CC)CC)c1. The molecule has 198 valence electrons. The summed E-state index contributed by atoms with van der Waals surface area (Å²) in [5, 5.41) is 16.0. The highest BCUT2D eigenvalue weighted by Crippen LogP contribution is 2.40. The summed E-state index contributed by atoms with van der Waals surface area (Å²) in [6.07, 6.45) is 3.18. The van der Waals surface area contributed by atoms with Crippen LogP contribution in [0.5, 0.6) is 5.75 Å². The first-order valence-corrected chi connectivity index (χ1v) is 12.9. The second kappa shape index (κ2) is 11.9. The monoisotopic (exact) mass is 514 g/mol. The van der Waals surface area contributed by atoms with Crippen LogP contribution in [0.1, 0.15) is 36.7 Å². The maximum Gasteiger partial charge on any atom is 0.295 e. The van der Waals surface area contributed by atoms with Crippen molar-refractivity contribution in [2.24, 2.45) is 0 Å². The van der Waals surface area contributed by atoms with Crippen LogP contribution < -0.4 is 4.74 Å². The number of aromatic nitrogens is 2. The third kappa shape index (κ3) is 5.26. The predicted octanol–water partition coefficient (Wildman–Crippen LogP) is 4.51. The third-order valence-corrected chi connectivity index (χ3v) is 6.90. The molecule has 3 aromatic rings. The van der Waals surface area contributed by atoms with Gasteiger partial charge in [-0.15, -0.1) is 0 Å². The standard InChI is InChI=1S/C30H34N4O4/c1-5-18-38-24-15-11-12-22(19-24)27-26(29(36)30(37)33(27)17-16-32(6-2)7-3)28(35)25-20-31-34(21(25)4)23-13-9-8-10-14-23/h5,8-15,19-20,27,35H,1,6-7,16-18H2,2-4H3. The van der Waals surface area contributed by atoms with Crippen molar-refractivity contribution in [3.05, 3.63) is 95.8 Å². The van der Waals surface area contributed by atoms with Gasteiger partial charge in [-0.25, -0.2) is 4.68 Å². The number of carbonyl (C=O) groups is 2. The number of hydrogen-bond acceptors (Lipinski definition) is 6. The Morgan fingerprint density at radius 3 is 2.55 bits per heavy atom. The highest BCUT2D eigenvalue weighted by atomic mass is 16.5. The van der Waals surface area contributed by atoms with E-state index in [1.165, 1.54) is 6.20 Å². The first-order valence-electron chi connectivity index (χ1n) is 12.9. The molecule has 1 amide bonds. The van der Waals surface area contributed by atoms with Gasteiger partial charge in [-0.05, 0) is 49.8 Å². The number of carbonyl (C=O) groups excluding carboxylic acids is 2. The number of likely N-dealkylation sites (N-methyl/N-ethyl adjacent to an activating group) is 1. The summed E-state index contributed by atoms with van der Waals surface area (Å²) < 4.78 is 7.42. The fourth-order valence-corrected chi connectivity index (χ4v) is 4.79. The van der Waals surface area contributed by atoms with Gasteiger partial charge in [0.1, 0.15) is 18.1 Å². The Morgan fingerprint density at radius 1 is 1.13 bits per heavy atom. The summed E-state index contributed by atoms with van der Waals surface area (Å²) in [6.45, 7) is 12.6. The minimum atomic E-state index is -0.766. The molecule has 8 nitrogen and oxygen atoms in total. The van der Waals surface area contributed by atoms with Gasteiger partial charge >= 0.3 is 0 Å². The number of Topliss-reactive ketones (excluding diaryl/α,β-unsaturated/α-hetero) is 1. The lowest BCUT2D eigenvalue weighted by atomic mass is 9.95. The maximum atomic E-state index is 13.4. The molecule has 1 aliphatic rings. The van der Waals surface area contributed by atoms with Crippen LogP contribution in [0.25, 0.3) is 11.4 Å². The summed E-state index contributed by atoms with van der Waals surface area (Å²) in [7, 11) is 0. The van der Waals surface area contributed by atoms with Crippen LogP contribution in [-0.4, -0.2) is 69.2 Å². The summed E-state index contributed by atoms with van der Waals surface area (Å²) in [5.74, 6) is -0.994. The van der Waals surface area contributed by atoms with Crippen molar-refractivity contribution in [1.29, 1.82) is 0 Å². The van der Waals surface area contributed by atoms with Crippen LogP contribution in [0.2, 0.25) is 0 Å².